The Bertz CT molecular complexity index is 143. The Balaban J connectivity index is 2.66. The van der Waals surface area contributed by atoms with Gasteiger partial charge in [0, 0.05) is 19.6 Å². The summed E-state index contributed by atoms with van der Waals surface area (Å²) in [6.07, 6.45) is -3.56. The zero-order valence-electron chi connectivity index (χ0n) is 7.50. The first kappa shape index (κ1) is 10.9. The zero-order valence-corrected chi connectivity index (χ0v) is 7.50. The molecule has 0 aromatic carbocycles. The Labute approximate surface area is 76.6 Å². The Morgan fingerprint density at radius 2 is 1.77 bits per heavy atom. The summed E-state index contributed by atoms with van der Waals surface area (Å²) in [6.45, 7) is -0.217. The van der Waals surface area contributed by atoms with Gasteiger partial charge in [0.25, 0.3) is 0 Å². The van der Waals surface area contributed by atoms with Crippen LogP contribution in [-0.4, -0.2) is 58.6 Å². The van der Waals surface area contributed by atoms with E-state index in [1.807, 2.05) is 0 Å². The maximum Gasteiger partial charge on any atom is 0.109 e. The minimum absolute atomic E-state index is 0.217. The lowest BCUT2D eigenvalue weighted by atomic mass is 9.81. The van der Waals surface area contributed by atoms with Crippen LogP contribution in [0.15, 0.2) is 0 Å². The molecule has 0 aliphatic heterocycles. The molecule has 5 atom stereocenters. The normalized spacial score (nSPS) is 46.4. The molecular formula is C8H16O5. The summed E-state index contributed by atoms with van der Waals surface area (Å²) in [4.78, 5) is 0. The molecule has 13 heavy (non-hydrogen) atoms. The average Bonchev–Trinajstić information content (AvgIpc) is 2.15. The number of rotatable bonds is 2. The molecule has 0 amide bonds. The van der Waals surface area contributed by atoms with E-state index in [1.165, 1.54) is 7.11 Å². The molecular weight excluding hydrogens is 176 g/mol. The molecule has 5 nitrogen and oxygen atoms in total. The molecule has 78 valence electrons. The van der Waals surface area contributed by atoms with Crippen molar-refractivity contribution < 1.29 is 25.2 Å². The van der Waals surface area contributed by atoms with Crippen LogP contribution in [0.25, 0.3) is 0 Å². The first-order valence-electron chi connectivity index (χ1n) is 4.29. The largest absolute Gasteiger partial charge is 0.396 e. The zero-order chi connectivity index (χ0) is 10.0. The quantitative estimate of drug-likeness (QED) is 0.410. The molecule has 0 aromatic rings. The van der Waals surface area contributed by atoms with Crippen molar-refractivity contribution in [1.29, 1.82) is 0 Å². The second-order valence-corrected chi connectivity index (χ2v) is 3.42. The highest BCUT2D eigenvalue weighted by atomic mass is 16.5. The third-order valence-electron chi connectivity index (χ3n) is 2.64. The van der Waals surface area contributed by atoms with Crippen molar-refractivity contribution in [1.82, 2.24) is 0 Å². The lowest BCUT2D eigenvalue weighted by molar-refractivity contribution is -0.170. The molecule has 1 saturated carbocycles. The first-order chi connectivity index (χ1) is 6.11. The van der Waals surface area contributed by atoms with Crippen LogP contribution in [0.3, 0.4) is 0 Å². The van der Waals surface area contributed by atoms with Crippen molar-refractivity contribution in [3.8, 4) is 0 Å². The summed E-state index contributed by atoms with van der Waals surface area (Å²) in [7, 11) is 1.42. The van der Waals surface area contributed by atoms with E-state index in [4.69, 9.17) is 9.84 Å². The second kappa shape index (κ2) is 4.34. The maximum atomic E-state index is 9.40. The van der Waals surface area contributed by atoms with Crippen LogP contribution in [0.5, 0.6) is 0 Å². The van der Waals surface area contributed by atoms with Crippen molar-refractivity contribution >= 4 is 0 Å². The van der Waals surface area contributed by atoms with Gasteiger partial charge in [0.2, 0.25) is 0 Å². The van der Waals surface area contributed by atoms with Gasteiger partial charge >= 0.3 is 0 Å². The van der Waals surface area contributed by atoms with Gasteiger partial charge in [0.05, 0.1) is 12.2 Å². The number of ether oxygens (including phenoxy) is 1. The monoisotopic (exact) mass is 192 g/mol. The summed E-state index contributed by atoms with van der Waals surface area (Å²) in [6, 6.07) is 0. The van der Waals surface area contributed by atoms with E-state index in [1.54, 1.807) is 0 Å². The lowest BCUT2D eigenvalue weighted by Gasteiger charge is -2.38. The van der Waals surface area contributed by atoms with Crippen molar-refractivity contribution in [2.75, 3.05) is 13.7 Å². The molecule has 1 aliphatic carbocycles. The highest BCUT2D eigenvalue weighted by Crippen LogP contribution is 2.26. The van der Waals surface area contributed by atoms with Gasteiger partial charge in [-0.15, -0.1) is 0 Å². The smallest absolute Gasteiger partial charge is 0.109 e. The van der Waals surface area contributed by atoms with E-state index in [2.05, 4.69) is 0 Å². The number of methoxy groups -OCH3 is 1. The highest BCUT2D eigenvalue weighted by Gasteiger charge is 2.42. The molecule has 1 rings (SSSR count). The molecule has 0 heterocycles. The molecule has 4 N–H and O–H groups in total. The fourth-order valence-electron chi connectivity index (χ4n) is 1.70. The fourth-order valence-corrected chi connectivity index (χ4v) is 1.70. The van der Waals surface area contributed by atoms with Gasteiger partial charge in [-0.05, 0) is 6.42 Å². The summed E-state index contributed by atoms with van der Waals surface area (Å²) in [5.41, 5.74) is 0. The molecule has 0 saturated heterocycles. The maximum absolute atomic E-state index is 9.40. The Hall–Kier alpha value is -0.200. The van der Waals surface area contributed by atoms with Crippen LogP contribution in [0.4, 0.5) is 0 Å². The van der Waals surface area contributed by atoms with Gasteiger partial charge in [-0.25, -0.2) is 0 Å². The second-order valence-electron chi connectivity index (χ2n) is 3.42. The molecule has 5 unspecified atom stereocenters. The van der Waals surface area contributed by atoms with Crippen LogP contribution in [-0.2, 0) is 4.74 Å². The van der Waals surface area contributed by atoms with Crippen LogP contribution in [0, 0.1) is 5.92 Å². The summed E-state index contributed by atoms with van der Waals surface area (Å²) >= 11 is 0. The van der Waals surface area contributed by atoms with Crippen molar-refractivity contribution in [3.05, 3.63) is 0 Å². The molecule has 0 spiro atoms. The average molecular weight is 192 g/mol. The number of aliphatic hydroxyl groups excluding tert-OH is 4. The SMILES string of the molecule is COC1CC(CO)C(O)C(O)C1O. The van der Waals surface area contributed by atoms with Crippen molar-refractivity contribution in [2.24, 2.45) is 5.92 Å². The van der Waals surface area contributed by atoms with E-state index in [9.17, 15) is 15.3 Å². The van der Waals surface area contributed by atoms with Crippen molar-refractivity contribution in [3.63, 3.8) is 0 Å². The van der Waals surface area contributed by atoms with Crippen LogP contribution < -0.4 is 0 Å². The molecule has 1 fully saturated rings. The minimum atomic E-state index is -1.24. The predicted octanol–water partition coefficient (Wildman–Crippen LogP) is -1.90. The number of hydrogen-bond acceptors (Lipinski definition) is 5. The third kappa shape index (κ3) is 2.00. The van der Waals surface area contributed by atoms with Gasteiger partial charge in [0.15, 0.2) is 0 Å². The summed E-state index contributed by atoms with van der Waals surface area (Å²) in [5, 5.41) is 37.0. The van der Waals surface area contributed by atoms with Crippen molar-refractivity contribution in [2.45, 2.75) is 30.8 Å². The lowest BCUT2D eigenvalue weighted by Crippen LogP contribution is -2.54. The van der Waals surface area contributed by atoms with Crippen LogP contribution in [0.2, 0.25) is 0 Å². The topological polar surface area (TPSA) is 90.2 Å². The Morgan fingerprint density at radius 3 is 2.23 bits per heavy atom. The number of hydrogen-bond donors (Lipinski definition) is 4. The molecule has 5 heteroatoms. The van der Waals surface area contributed by atoms with Crippen LogP contribution >= 0.6 is 0 Å². The molecule has 0 aromatic heterocycles. The molecule has 0 radical (unpaired) electrons. The molecule has 0 bridgehead atoms. The first-order valence-corrected chi connectivity index (χ1v) is 4.29. The van der Waals surface area contributed by atoms with E-state index in [0.29, 0.717) is 6.42 Å². The van der Waals surface area contributed by atoms with Gasteiger partial charge in [-0.3, -0.25) is 0 Å². The van der Waals surface area contributed by atoms with E-state index in [0.717, 1.165) is 0 Å². The van der Waals surface area contributed by atoms with Gasteiger partial charge in [-0.1, -0.05) is 0 Å². The molecule has 1 aliphatic rings. The third-order valence-corrected chi connectivity index (χ3v) is 2.64. The minimum Gasteiger partial charge on any atom is -0.396 e. The van der Waals surface area contributed by atoms with Crippen LogP contribution in [0.1, 0.15) is 6.42 Å². The highest BCUT2D eigenvalue weighted by molar-refractivity contribution is 4.92. The predicted molar refractivity (Wildman–Crippen MR) is 44.0 cm³/mol. The fraction of sp³-hybridized carbons (Fsp3) is 1.00. The summed E-state index contributed by atoms with van der Waals surface area (Å²) in [5.74, 6) is -0.427. The van der Waals surface area contributed by atoms with E-state index >= 15 is 0 Å². The van der Waals surface area contributed by atoms with Gasteiger partial charge in [-0.2, -0.15) is 0 Å². The van der Waals surface area contributed by atoms with Gasteiger partial charge in [0.1, 0.15) is 12.2 Å². The Kier molecular flexibility index (Phi) is 3.63. The standard InChI is InChI=1S/C8H16O5/c1-13-5-2-4(3-9)6(10)8(12)7(5)11/h4-12H,2-3H2,1H3. The van der Waals surface area contributed by atoms with Gasteiger partial charge < -0.3 is 25.2 Å². The number of aliphatic hydroxyl groups is 4. The summed E-state index contributed by atoms with van der Waals surface area (Å²) < 4.78 is 4.92. The van der Waals surface area contributed by atoms with E-state index < -0.39 is 30.3 Å². The Morgan fingerprint density at radius 1 is 1.15 bits per heavy atom. The van der Waals surface area contributed by atoms with E-state index in [-0.39, 0.29) is 6.61 Å².